The molecule has 309 valence electrons. The first-order valence-corrected chi connectivity index (χ1v) is 24.5. The van der Waals surface area contributed by atoms with Gasteiger partial charge in [0, 0.05) is 48.5 Å². The van der Waals surface area contributed by atoms with Crippen LogP contribution in [0.3, 0.4) is 0 Å². The number of pyridine rings is 2. The molecule has 0 N–H and O–H groups in total. The molecule has 0 fully saturated rings. The van der Waals surface area contributed by atoms with Gasteiger partial charge in [-0.15, -0.1) is 54.1 Å². The van der Waals surface area contributed by atoms with Crippen LogP contribution in [-0.4, -0.2) is 27.6 Å². The number of para-hydroxylation sites is 3. The molecule has 7 heteroatoms. The Morgan fingerprint density at radius 1 is 0.677 bits per heavy atom. The summed E-state index contributed by atoms with van der Waals surface area (Å²) in [6.07, 6.45) is 3.24. The summed E-state index contributed by atoms with van der Waals surface area (Å²) in [6.45, 7) is 13.7. The normalized spacial score (nSPS) is 11.5. The number of aryl methyl sites for hydroxylation is 1. The van der Waals surface area contributed by atoms with Crippen molar-refractivity contribution in [1.82, 2.24) is 19.5 Å². The molecule has 0 aliphatic rings. The molecule has 1 radical (unpaired) electrons. The summed E-state index contributed by atoms with van der Waals surface area (Å²) in [5, 5.41) is 3.48. The minimum Gasteiger partial charge on any atom is -0.486 e. The zero-order valence-corrected chi connectivity index (χ0v) is 39.3. The summed E-state index contributed by atoms with van der Waals surface area (Å²) in [5.41, 5.74) is 14.1. The van der Waals surface area contributed by atoms with Crippen LogP contribution in [0.1, 0.15) is 25.1 Å². The second kappa shape index (κ2) is 18.0. The van der Waals surface area contributed by atoms with Gasteiger partial charge in [-0.3, -0.25) is 4.98 Å². The van der Waals surface area contributed by atoms with Crippen LogP contribution >= 0.6 is 0 Å². The standard InChI is InChI=1S/C37H24N3O.C18H24NSi.Ir/c1-24-22-23-30-29-18-11-19-31(35(29)41-37(30)38-24)36-39-32-20-8-9-21-33(32)40(36)34-27(25-12-4-2-5-13-25)16-10-17-28(34)26-14-6-3-7-15-26;1-14(2)11-16-12-17(15-9-7-6-8-10-15)19-13-18(16)20(3,4)5;/h2-18,20-23H,1H3;6-9,12-14H,11H2,1-5H3;/q2*-1;. The zero-order chi connectivity index (χ0) is 42.1. The molecule has 0 atom stereocenters. The third kappa shape index (κ3) is 8.49. The number of hydrogen-bond acceptors (Lipinski definition) is 4. The Bertz CT molecular complexity index is 3080. The minimum absolute atomic E-state index is 0. The molecule has 0 saturated carbocycles. The quantitative estimate of drug-likeness (QED) is 0.112. The molecule has 0 aliphatic heterocycles. The van der Waals surface area contributed by atoms with E-state index in [1.165, 1.54) is 10.8 Å². The molecule has 10 aromatic rings. The second-order valence-electron chi connectivity index (χ2n) is 17.0. The summed E-state index contributed by atoms with van der Waals surface area (Å²) in [5.74, 6) is 1.44. The second-order valence-corrected chi connectivity index (χ2v) is 22.1. The van der Waals surface area contributed by atoms with Crippen molar-refractivity contribution in [2.45, 2.75) is 46.8 Å². The topological polar surface area (TPSA) is 56.7 Å². The first kappa shape index (κ1) is 42.4. The van der Waals surface area contributed by atoms with Crippen LogP contribution in [0, 0.1) is 25.0 Å². The molecular formula is C55H48IrN4OSi-2. The van der Waals surface area contributed by atoms with Crippen LogP contribution < -0.4 is 5.19 Å². The Hall–Kier alpha value is -6.24. The van der Waals surface area contributed by atoms with Gasteiger partial charge in [-0.05, 0) is 65.5 Å². The maximum Gasteiger partial charge on any atom is 0.216 e. The molecular weight excluding hydrogens is 953 g/mol. The maximum atomic E-state index is 6.44. The van der Waals surface area contributed by atoms with Gasteiger partial charge in [0.2, 0.25) is 5.71 Å². The first-order chi connectivity index (χ1) is 29.6. The molecule has 4 heterocycles. The molecule has 4 aromatic heterocycles. The number of benzene rings is 6. The van der Waals surface area contributed by atoms with E-state index >= 15 is 0 Å². The van der Waals surface area contributed by atoms with Crippen LogP contribution in [0.5, 0.6) is 0 Å². The van der Waals surface area contributed by atoms with E-state index in [-0.39, 0.29) is 20.1 Å². The van der Waals surface area contributed by atoms with E-state index in [4.69, 9.17) is 9.40 Å². The summed E-state index contributed by atoms with van der Waals surface area (Å²) >= 11 is 0. The van der Waals surface area contributed by atoms with Gasteiger partial charge in [0.05, 0.1) is 36.2 Å². The summed E-state index contributed by atoms with van der Waals surface area (Å²) in [4.78, 5) is 14.6. The van der Waals surface area contributed by atoms with E-state index in [1.54, 1.807) is 0 Å². The Morgan fingerprint density at radius 3 is 2.02 bits per heavy atom. The van der Waals surface area contributed by atoms with E-state index in [1.807, 2.05) is 49.4 Å². The molecule has 0 amide bonds. The molecule has 6 aromatic carbocycles. The Labute approximate surface area is 378 Å². The van der Waals surface area contributed by atoms with Crippen molar-refractivity contribution in [1.29, 1.82) is 0 Å². The predicted molar refractivity (Wildman–Crippen MR) is 256 cm³/mol. The van der Waals surface area contributed by atoms with Crippen molar-refractivity contribution in [2.75, 3.05) is 0 Å². The third-order valence-electron chi connectivity index (χ3n) is 11.1. The maximum absolute atomic E-state index is 6.44. The third-order valence-corrected chi connectivity index (χ3v) is 13.1. The average molecular weight is 1000 g/mol. The SMILES string of the molecule is CC(C)Cc1cc(-c2[c-]cccc2)ncc1[Si](C)(C)C.Cc1ccc2c(n1)oc1c(-c3nc4ccccc4n3-c3c(-c4ccccc4)cccc3-c3ccccc3)[c-]ccc12.[Ir]. The van der Waals surface area contributed by atoms with Crippen LogP contribution in [-0.2, 0) is 26.5 Å². The van der Waals surface area contributed by atoms with Crippen molar-refractivity contribution in [2.24, 2.45) is 5.92 Å². The molecule has 0 bridgehead atoms. The first-order valence-electron chi connectivity index (χ1n) is 21.0. The van der Waals surface area contributed by atoms with Gasteiger partial charge in [-0.2, -0.15) is 0 Å². The Balaban J connectivity index is 0.000000214. The number of imidazole rings is 1. The van der Waals surface area contributed by atoms with Crippen molar-refractivity contribution in [3.8, 4) is 50.6 Å². The smallest absolute Gasteiger partial charge is 0.216 e. The van der Waals surface area contributed by atoms with Crippen molar-refractivity contribution in [3.05, 3.63) is 187 Å². The summed E-state index contributed by atoms with van der Waals surface area (Å²) < 4.78 is 8.71. The molecule has 0 aliphatic carbocycles. The van der Waals surface area contributed by atoms with Crippen LogP contribution in [0.25, 0.3) is 83.7 Å². The molecule has 5 nitrogen and oxygen atoms in total. The van der Waals surface area contributed by atoms with E-state index in [9.17, 15) is 0 Å². The molecule has 10 rings (SSSR count). The zero-order valence-electron chi connectivity index (χ0n) is 35.9. The van der Waals surface area contributed by atoms with Gasteiger partial charge in [0.25, 0.3) is 0 Å². The van der Waals surface area contributed by atoms with Gasteiger partial charge in [-0.25, -0.2) is 4.98 Å². The fourth-order valence-corrected chi connectivity index (χ4v) is 9.86. The monoisotopic (exact) mass is 1000 g/mol. The largest absolute Gasteiger partial charge is 0.486 e. The fourth-order valence-electron chi connectivity index (χ4n) is 8.27. The van der Waals surface area contributed by atoms with Crippen LogP contribution in [0.4, 0.5) is 0 Å². The van der Waals surface area contributed by atoms with Crippen molar-refractivity contribution in [3.63, 3.8) is 0 Å². The fraction of sp³-hybridized carbons (Fsp3) is 0.145. The van der Waals surface area contributed by atoms with Crippen molar-refractivity contribution < 1.29 is 24.5 Å². The molecule has 0 saturated heterocycles. The number of nitrogens with zero attached hydrogens (tertiary/aromatic N) is 4. The Kier molecular flexibility index (Phi) is 12.3. The van der Waals surface area contributed by atoms with Gasteiger partial charge in [0.1, 0.15) is 0 Å². The molecule has 0 unspecified atom stereocenters. The van der Waals surface area contributed by atoms with Crippen LogP contribution in [0.2, 0.25) is 19.6 Å². The predicted octanol–water partition coefficient (Wildman–Crippen LogP) is 13.7. The van der Waals surface area contributed by atoms with Gasteiger partial charge in [0.15, 0.2) is 0 Å². The van der Waals surface area contributed by atoms with Gasteiger partial charge < -0.3 is 14.0 Å². The van der Waals surface area contributed by atoms with E-state index in [0.717, 1.165) is 90.1 Å². The van der Waals surface area contributed by atoms with Gasteiger partial charge in [-0.1, -0.05) is 147 Å². The van der Waals surface area contributed by atoms with E-state index in [0.29, 0.717) is 11.6 Å². The minimum atomic E-state index is -1.34. The Morgan fingerprint density at radius 2 is 1.35 bits per heavy atom. The number of fused-ring (bicyclic) bond motifs is 4. The van der Waals surface area contributed by atoms with Gasteiger partial charge >= 0.3 is 0 Å². The average Bonchev–Trinajstić information content (AvgIpc) is 3.85. The number of aromatic nitrogens is 4. The number of hydrogen-bond donors (Lipinski definition) is 0. The van der Waals surface area contributed by atoms with Crippen LogP contribution in [0.15, 0.2) is 168 Å². The summed E-state index contributed by atoms with van der Waals surface area (Å²) in [6, 6.07) is 61.1. The number of furan rings is 1. The van der Waals surface area contributed by atoms with E-state index in [2.05, 4.69) is 182 Å². The number of rotatable bonds is 8. The summed E-state index contributed by atoms with van der Waals surface area (Å²) in [7, 11) is -1.34. The van der Waals surface area contributed by atoms with Crippen molar-refractivity contribution >= 4 is 46.4 Å². The molecule has 62 heavy (non-hydrogen) atoms. The molecule has 0 spiro atoms. The van der Waals surface area contributed by atoms with E-state index < -0.39 is 8.07 Å².